The SMILES string of the molecule is [N-]=[N+]=NCCOCCOCCOCCOCCC(=O)N(CCNC(=O)CCC(=O)NCC1O[C@H](OP(=O)(O)OP(=O)(O)OC[C@H]2O[C@@H](n3cnc4c(=O)[nH]c(N)nc43)C(O)[C@H]2O)C(O)[C@@H](O)[C@@H]1O)CCOCCOCCN=[N+]=[N-]. The van der Waals surface area contributed by atoms with Gasteiger partial charge in [0.25, 0.3) is 5.56 Å². The minimum Gasteiger partial charge on any atom is -0.388 e. The molecule has 0 spiro atoms. The lowest BCUT2D eigenvalue weighted by atomic mass is 9.99. The zero-order chi connectivity index (χ0) is 57.8. The van der Waals surface area contributed by atoms with Gasteiger partial charge in [0.1, 0.15) is 42.7 Å². The van der Waals surface area contributed by atoms with E-state index in [0.29, 0.717) is 33.0 Å². The molecule has 79 heavy (non-hydrogen) atoms. The van der Waals surface area contributed by atoms with Crippen molar-refractivity contribution >= 4 is 50.5 Å². The normalized spacial score (nSPS) is 23.5. The second kappa shape index (κ2) is 34.9. The molecule has 38 nitrogen and oxygen atoms in total. The Morgan fingerprint density at radius 1 is 0.734 bits per heavy atom. The Hall–Kier alpha value is -5.08. The zero-order valence-corrected chi connectivity index (χ0v) is 44.1. The molecule has 4 heterocycles. The van der Waals surface area contributed by atoms with Gasteiger partial charge in [0.05, 0.1) is 98.6 Å². The minimum absolute atomic E-state index is 0.0125. The fourth-order valence-corrected chi connectivity index (χ4v) is 9.21. The summed E-state index contributed by atoms with van der Waals surface area (Å²) in [6.45, 7) is 1.61. The number of H-pyrrole nitrogens is 1. The Kier molecular flexibility index (Phi) is 29.4. The summed E-state index contributed by atoms with van der Waals surface area (Å²) in [6.07, 6.45) is -16.9. The molecule has 40 heteroatoms. The number of phosphoric ester groups is 2. The number of amides is 3. The largest absolute Gasteiger partial charge is 0.483 e. The first-order chi connectivity index (χ1) is 37.8. The van der Waals surface area contributed by atoms with E-state index in [4.69, 9.17) is 63.7 Å². The van der Waals surface area contributed by atoms with Gasteiger partial charge in [-0.2, -0.15) is 9.29 Å². The number of aliphatic hydroxyl groups is 5. The highest BCUT2D eigenvalue weighted by Gasteiger charge is 2.50. The van der Waals surface area contributed by atoms with Crippen LogP contribution in [-0.2, 0) is 74.8 Å². The lowest BCUT2D eigenvalue weighted by Gasteiger charge is -2.40. The number of carbonyl (C=O) groups excluding carboxylic acids is 3. The molecule has 2 aliphatic rings. The molecule has 2 aromatic heterocycles. The highest BCUT2D eigenvalue weighted by atomic mass is 31.3. The number of nitrogens with zero attached hydrogens (tertiary/aromatic N) is 10. The van der Waals surface area contributed by atoms with Crippen molar-refractivity contribution in [2.45, 2.75) is 74.5 Å². The van der Waals surface area contributed by atoms with Gasteiger partial charge >= 0.3 is 15.6 Å². The third kappa shape index (κ3) is 23.5. The summed E-state index contributed by atoms with van der Waals surface area (Å²) >= 11 is 0. The molecule has 0 aromatic carbocycles. The molecule has 0 radical (unpaired) electrons. The maximum absolute atomic E-state index is 13.1. The molecule has 3 amide bonds. The third-order valence-corrected chi connectivity index (χ3v) is 13.6. The number of nitrogens with two attached hydrogens (primary N) is 1. The van der Waals surface area contributed by atoms with Gasteiger partial charge in [0, 0.05) is 61.9 Å². The molecule has 4 rings (SSSR count). The molecule has 11 atom stereocenters. The van der Waals surface area contributed by atoms with E-state index in [-0.39, 0.29) is 115 Å². The highest BCUT2D eigenvalue weighted by Crippen LogP contribution is 2.61. The molecule has 2 saturated heterocycles. The fraction of sp³-hybridized carbons (Fsp3) is 0.795. The monoisotopic (exact) mass is 1180 g/mol. The second-order valence-corrected chi connectivity index (χ2v) is 19.6. The van der Waals surface area contributed by atoms with Crippen LogP contribution >= 0.6 is 15.6 Å². The molecule has 0 bridgehead atoms. The third-order valence-electron chi connectivity index (χ3n) is 11.0. The van der Waals surface area contributed by atoms with Crippen LogP contribution in [0.3, 0.4) is 0 Å². The Morgan fingerprint density at radius 3 is 1.90 bits per heavy atom. The van der Waals surface area contributed by atoms with E-state index >= 15 is 0 Å². The molecule has 2 aliphatic heterocycles. The zero-order valence-electron chi connectivity index (χ0n) is 42.3. The molecule has 5 unspecified atom stereocenters. The Morgan fingerprint density at radius 2 is 1.29 bits per heavy atom. The van der Waals surface area contributed by atoms with Crippen molar-refractivity contribution in [1.29, 1.82) is 0 Å². The topological polar surface area (TPSA) is 543 Å². The first-order valence-electron chi connectivity index (χ1n) is 24.2. The predicted octanol–water partition coefficient (Wildman–Crippen LogP) is -3.67. The molecule has 0 saturated carbocycles. The minimum atomic E-state index is -5.81. The van der Waals surface area contributed by atoms with Crippen LogP contribution in [0.2, 0.25) is 0 Å². The van der Waals surface area contributed by atoms with Crippen molar-refractivity contribution < 1.29 is 110 Å². The molecule has 12 N–H and O–H groups in total. The first kappa shape index (κ1) is 66.4. The summed E-state index contributed by atoms with van der Waals surface area (Å²) in [5.74, 6) is -2.00. The molecular formula is C39H66N14O24P2. The van der Waals surface area contributed by atoms with E-state index in [0.717, 1.165) is 10.9 Å². The number of phosphoric acid groups is 2. The van der Waals surface area contributed by atoms with Crippen molar-refractivity contribution in [3.8, 4) is 0 Å². The summed E-state index contributed by atoms with van der Waals surface area (Å²) < 4.78 is 83.6. The van der Waals surface area contributed by atoms with Crippen molar-refractivity contribution in [3.05, 3.63) is 37.6 Å². The van der Waals surface area contributed by atoms with E-state index in [1.807, 2.05) is 0 Å². The number of rotatable bonds is 40. The smallest absolute Gasteiger partial charge is 0.388 e. The van der Waals surface area contributed by atoms with Crippen LogP contribution in [0.4, 0.5) is 5.95 Å². The number of aromatic amines is 1. The Bertz CT molecular complexity index is 2470. The number of nitrogen functional groups attached to an aromatic ring is 1. The number of carbonyl (C=O) groups is 3. The van der Waals surface area contributed by atoms with Gasteiger partial charge in [-0.25, -0.2) is 14.1 Å². The Labute approximate surface area is 448 Å². The maximum Gasteiger partial charge on any atom is 0.483 e. The van der Waals surface area contributed by atoms with Gasteiger partial charge in [-0.15, -0.1) is 0 Å². The lowest BCUT2D eigenvalue weighted by Crippen LogP contribution is -2.60. The number of anilines is 1. The number of imidazole rings is 1. The van der Waals surface area contributed by atoms with Crippen LogP contribution in [0.5, 0.6) is 0 Å². The van der Waals surface area contributed by atoms with Gasteiger partial charge in [-0.3, -0.25) is 37.8 Å². The van der Waals surface area contributed by atoms with Crippen LogP contribution in [-0.4, -0.2) is 252 Å². The van der Waals surface area contributed by atoms with Crippen LogP contribution < -0.4 is 21.9 Å². The average molecular weight is 1180 g/mol. The van der Waals surface area contributed by atoms with Gasteiger partial charge < -0.3 is 94.5 Å². The number of hydrogen-bond donors (Lipinski definition) is 11. The van der Waals surface area contributed by atoms with Gasteiger partial charge in [-0.1, -0.05) is 10.2 Å². The fourth-order valence-electron chi connectivity index (χ4n) is 7.06. The van der Waals surface area contributed by atoms with Gasteiger partial charge in [-0.05, 0) is 11.1 Å². The maximum atomic E-state index is 13.1. The molecule has 2 fully saturated rings. The van der Waals surface area contributed by atoms with Crippen LogP contribution in [0.25, 0.3) is 32.0 Å². The number of aliphatic hydroxyl groups excluding tert-OH is 5. The van der Waals surface area contributed by atoms with Crippen molar-refractivity contribution in [2.24, 2.45) is 10.2 Å². The second-order valence-electron chi connectivity index (χ2n) is 16.6. The van der Waals surface area contributed by atoms with Gasteiger partial charge in [0.2, 0.25) is 23.7 Å². The lowest BCUT2D eigenvalue weighted by molar-refractivity contribution is -0.273. The van der Waals surface area contributed by atoms with E-state index in [2.05, 4.69) is 49.9 Å². The summed E-state index contributed by atoms with van der Waals surface area (Å²) in [4.78, 5) is 88.0. The van der Waals surface area contributed by atoms with Crippen LogP contribution in [0.1, 0.15) is 25.5 Å². The summed E-state index contributed by atoms with van der Waals surface area (Å²) in [6, 6.07) is 0. The first-order valence-corrected chi connectivity index (χ1v) is 27.2. The van der Waals surface area contributed by atoms with E-state index < -0.39 is 108 Å². The van der Waals surface area contributed by atoms with Gasteiger partial charge in [0.15, 0.2) is 23.7 Å². The van der Waals surface area contributed by atoms with E-state index in [1.165, 1.54) is 4.90 Å². The van der Waals surface area contributed by atoms with E-state index in [1.54, 1.807) is 0 Å². The molecule has 0 aliphatic carbocycles. The van der Waals surface area contributed by atoms with Crippen molar-refractivity contribution in [1.82, 2.24) is 35.1 Å². The number of ether oxygens (including phenoxy) is 8. The summed E-state index contributed by atoms with van der Waals surface area (Å²) in [5, 5.41) is 64.3. The predicted molar refractivity (Wildman–Crippen MR) is 262 cm³/mol. The standard InChI is InChI=1S/C39H66N14O24P2/c40-39-48-35-29(36(62)49-39)45-23-53(35)37-33(60)31(58)25(74-37)22-73-78(63,64)77-79(65,66)76-38-34(61)32(59)30(57)24(75-38)21-44-27(55)2-1-26(54)43-4-7-52(8-12-70-16-14-68-10-5-46-50-41)28(56)3-9-67-13-17-71-19-20-72-18-15-69-11-6-47-51-42/h23-25,30-34,37-38,57-61H,1-22H2,(H,43,54)(H,44,55)(H,63,64)(H,65,66)(H3,40,48,49,62)/t24?,25-,30-,31+,32+,33?,34?,37-,38-/m1/s1. The van der Waals surface area contributed by atoms with Crippen LogP contribution in [0.15, 0.2) is 21.4 Å². The summed E-state index contributed by atoms with van der Waals surface area (Å²) in [5.41, 5.74) is 21.1. The van der Waals surface area contributed by atoms with E-state index in [9.17, 15) is 63.6 Å². The number of azide groups is 2. The van der Waals surface area contributed by atoms with Crippen LogP contribution in [0, 0.1) is 0 Å². The number of hydrogen-bond acceptors (Lipinski definition) is 27. The number of aromatic nitrogens is 4. The molecule has 2 aromatic rings. The number of fused-ring (bicyclic) bond motifs is 1. The molecule has 446 valence electrons. The average Bonchev–Trinajstić information content (AvgIpc) is 3.97. The van der Waals surface area contributed by atoms with Crippen molar-refractivity contribution in [2.75, 3.05) is 131 Å². The quantitative estimate of drug-likeness (QED) is 0.0101. The number of nitrogens with one attached hydrogen (secondary N) is 3. The summed E-state index contributed by atoms with van der Waals surface area (Å²) in [7, 11) is -11.5. The molecular weight excluding hydrogens is 1110 g/mol. The Balaban J connectivity index is 1.16. The van der Waals surface area contributed by atoms with Crippen molar-refractivity contribution in [3.63, 3.8) is 0 Å². The highest BCUT2D eigenvalue weighted by molar-refractivity contribution is 7.61.